The minimum atomic E-state index is -3.33. The quantitative estimate of drug-likeness (QED) is 0.682. The number of rotatable bonds is 5. The van der Waals surface area contributed by atoms with Crippen LogP contribution in [-0.2, 0) is 10.0 Å². The zero-order valence-electron chi connectivity index (χ0n) is 16.3. The molecule has 3 aromatic rings. The maximum atomic E-state index is 12.8. The SMILES string of the molecule is Cc1ccccc1-n1c(C)cc(C(=O)Nc2ccc(NS(C)(=O)=O)cc2)c1C. The van der Waals surface area contributed by atoms with E-state index in [0.717, 1.165) is 28.9 Å². The summed E-state index contributed by atoms with van der Waals surface area (Å²) >= 11 is 0. The molecule has 0 aliphatic carbocycles. The van der Waals surface area contributed by atoms with Crippen LogP contribution in [0.5, 0.6) is 0 Å². The van der Waals surface area contributed by atoms with Crippen LogP contribution in [-0.4, -0.2) is 25.1 Å². The molecule has 0 saturated carbocycles. The average molecular weight is 398 g/mol. The van der Waals surface area contributed by atoms with E-state index in [9.17, 15) is 13.2 Å². The number of hydrogen-bond donors (Lipinski definition) is 2. The number of anilines is 2. The number of para-hydroxylation sites is 1. The molecule has 2 N–H and O–H groups in total. The molecule has 0 aliphatic heterocycles. The van der Waals surface area contributed by atoms with Crippen LogP contribution >= 0.6 is 0 Å². The first-order valence-corrected chi connectivity index (χ1v) is 10.7. The Morgan fingerprint density at radius 2 is 1.54 bits per heavy atom. The number of aryl methyl sites for hydroxylation is 2. The number of nitrogens with zero attached hydrogens (tertiary/aromatic N) is 1. The molecule has 0 fully saturated rings. The molecule has 0 aliphatic rings. The lowest BCUT2D eigenvalue weighted by Crippen LogP contribution is -2.13. The topological polar surface area (TPSA) is 80.2 Å². The van der Waals surface area contributed by atoms with Gasteiger partial charge >= 0.3 is 0 Å². The van der Waals surface area contributed by atoms with Crippen LogP contribution in [0.3, 0.4) is 0 Å². The van der Waals surface area contributed by atoms with Crippen molar-refractivity contribution >= 4 is 27.3 Å². The van der Waals surface area contributed by atoms with Crippen molar-refractivity contribution in [3.05, 3.63) is 77.1 Å². The van der Waals surface area contributed by atoms with E-state index in [-0.39, 0.29) is 5.91 Å². The normalized spacial score (nSPS) is 11.3. The molecule has 0 bridgehead atoms. The fraction of sp³-hybridized carbons (Fsp3) is 0.190. The van der Waals surface area contributed by atoms with Crippen molar-refractivity contribution in [1.82, 2.24) is 4.57 Å². The zero-order valence-corrected chi connectivity index (χ0v) is 17.1. The van der Waals surface area contributed by atoms with Gasteiger partial charge in [-0.1, -0.05) is 18.2 Å². The number of nitrogens with one attached hydrogen (secondary N) is 2. The maximum Gasteiger partial charge on any atom is 0.257 e. The summed E-state index contributed by atoms with van der Waals surface area (Å²) in [4.78, 5) is 12.8. The highest BCUT2D eigenvalue weighted by Gasteiger charge is 2.17. The number of benzene rings is 2. The zero-order chi connectivity index (χ0) is 20.5. The minimum absolute atomic E-state index is 0.211. The molecule has 3 rings (SSSR count). The fourth-order valence-electron chi connectivity index (χ4n) is 3.21. The number of sulfonamides is 1. The monoisotopic (exact) mass is 397 g/mol. The molecule has 0 atom stereocenters. The third kappa shape index (κ3) is 4.26. The van der Waals surface area contributed by atoms with Gasteiger partial charge in [-0.2, -0.15) is 0 Å². The molecule has 6 nitrogen and oxygen atoms in total. The Morgan fingerprint density at radius 3 is 2.14 bits per heavy atom. The largest absolute Gasteiger partial charge is 0.322 e. The summed E-state index contributed by atoms with van der Waals surface area (Å²) in [6.45, 7) is 5.94. The van der Waals surface area contributed by atoms with Gasteiger partial charge in [0.15, 0.2) is 0 Å². The summed E-state index contributed by atoms with van der Waals surface area (Å²) in [5.74, 6) is -0.211. The number of carbonyl (C=O) groups excluding carboxylic acids is 1. The summed E-state index contributed by atoms with van der Waals surface area (Å²) < 4.78 is 27.0. The minimum Gasteiger partial charge on any atom is -0.322 e. The Balaban J connectivity index is 1.84. The molecule has 1 aromatic heterocycles. The van der Waals surface area contributed by atoms with E-state index >= 15 is 0 Å². The highest BCUT2D eigenvalue weighted by Crippen LogP contribution is 2.24. The van der Waals surface area contributed by atoms with Crippen molar-refractivity contribution < 1.29 is 13.2 Å². The predicted molar refractivity (Wildman–Crippen MR) is 113 cm³/mol. The molecule has 0 unspecified atom stereocenters. The summed E-state index contributed by atoms with van der Waals surface area (Å²) in [7, 11) is -3.33. The molecule has 1 amide bonds. The fourth-order valence-corrected chi connectivity index (χ4v) is 3.78. The molecular weight excluding hydrogens is 374 g/mol. The average Bonchev–Trinajstić information content (AvgIpc) is 2.91. The van der Waals surface area contributed by atoms with E-state index < -0.39 is 10.0 Å². The number of hydrogen-bond acceptors (Lipinski definition) is 3. The number of carbonyl (C=O) groups is 1. The Labute approximate surface area is 165 Å². The number of amides is 1. The Bertz CT molecular complexity index is 1130. The van der Waals surface area contributed by atoms with Crippen LogP contribution in [0.25, 0.3) is 5.69 Å². The van der Waals surface area contributed by atoms with Crippen molar-refractivity contribution in [1.29, 1.82) is 0 Å². The van der Waals surface area contributed by atoms with Crippen LogP contribution in [0, 0.1) is 20.8 Å². The Hall–Kier alpha value is -3.06. The van der Waals surface area contributed by atoms with E-state index in [1.807, 2.05) is 51.1 Å². The smallest absolute Gasteiger partial charge is 0.257 e. The summed E-state index contributed by atoms with van der Waals surface area (Å²) in [5, 5.41) is 2.87. The molecule has 0 saturated heterocycles. The van der Waals surface area contributed by atoms with Crippen LogP contribution in [0.2, 0.25) is 0 Å². The van der Waals surface area contributed by atoms with Gasteiger partial charge in [0.1, 0.15) is 0 Å². The predicted octanol–water partition coefficient (Wildman–Crippen LogP) is 4.03. The third-order valence-electron chi connectivity index (χ3n) is 4.48. The van der Waals surface area contributed by atoms with Crippen molar-refractivity contribution in [2.24, 2.45) is 0 Å². The van der Waals surface area contributed by atoms with Crippen molar-refractivity contribution in [3.8, 4) is 5.69 Å². The summed E-state index contributed by atoms with van der Waals surface area (Å²) in [6.07, 6.45) is 1.09. The molecule has 1 heterocycles. The molecule has 28 heavy (non-hydrogen) atoms. The molecule has 0 radical (unpaired) electrons. The van der Waals surface area contributed by atoms with Crippen molar-refractivity contribution in [2.75, 3.05) is 16.3 Å². The van der Waals surface area contributed by atoms with Gasteiger partial charge in [-0.3, -0.25) is 9.52 Å². The lowest BCUT2D eigenvalue weighted by atomic mass is 10.2. The molecule has 7 heteroatoms. The van der Waals surface area contributed by atoms with E-state index in [4.69, 9.17) is 0 Å². The van der Waals surface area contributed by atoms with Crippen molar-refractivity contribution in [2.45, 2.75) is 20.8 Å². The first kappa shape index (κ1) is 19.7. The summed E-state index contributed by atoms with van der Waals surface area (Å²) in [6, 6.07) is 16.4. The van der Waals surface area contributed by atoms with Gasteiger partial charge in [0.25, 0.3) is 5.91 Å². The molecule has 146 valence electrons. The standard InChI is InChI=1S/C21H23N3O3S/c1-14-7-5-6-8-20(14)24-15(2)13-19(16(24)3)21(25)22-17-9-11-18(12-10-17)23-28(4,26)27/h5-13,23H,1-4H3,(H,22,25). The molecular formula is C21H23N3O3S. The molecule has 0 spiro atoms. The van der Waals surface area contributed by atoms with Crippen molar-refractivity contribution in [3.63, 3.8) is 0 Å². The van der Waals surface area contributed by atoms with E-state index in [0.29, 0.717) is 16.9 Å². The Kier molecular flexibility index (Phi) is 5.29. The lowest BCUT2D eigenvalue weighted by Gasteiger charge is -2.13. The van der Waals surface area contributed by atoms with Gasteiger partial charge in [-0.25, -0.2) is 8.42 Å². The van der Waals surface area contributed by atoms with Gasteiger partial charge < -0.3 is 9.88 Å². The lowest BCUT2D eigenvalue weighted by molar-refractivity contribution is 0.102. The van der Waals surface area contributed by atoms with E-state index in [1.165, 1.54) is 0 Å². The van der Waals surface area contributed by atoms with Gasteiger partial charge in [0, 0.05) is 28.5 Å². The second-order valence-corrected chi connectivity index (χ2v) is 8.56. The van der Waals surface area contributed by atoms with E-state index in [2.05, 4.69) is 14.6 Å². The second-order valence-electron chi connectivity index (χ2n) is 6.81. The highest BCUT2D eigenvalue weighted by atomic mass is 32.2. The van der Waals surface area contributed by atoms with E-state index in [1.54, 1.807) is 24.3 Å². The Morgan fingerprint density at radius 1 is 0.929 bits per heavy atom. The van der Waals surface area contributed by atoms with Crippen LogP contribution in [0.1, 0.15) is 27.3 Å². The first-order chi connectivity index (χ1) is 13.2. The number of aromatic nitrogens is 1. The first-order valence-electron chi connectivity index (χ1n) is 8.80. The second kappa shape index (κ2) is 7.52. The van der Waals surface area contributed by atoms with Gasteiger partial charge in [0.2, 0.25) is 10.0 Å². The highest BCUT2D eigenvalue weighted by molar-refractivity contribution is 7.92. The van der Waals surface area contributed by atoms with Crippen LogP contribution in [0.4, 0.5) is 11.4 Å². The van der Waals surface area contributed by atoms with Crippen LogP contribution < -0.4 is 10.0 Å². The summed E-state index contributed by atoms with van der Waals surface area (Å²) in [5.41, 5.74) is 5.64. The molecule has 2 aromatic carbocycles. The van der Waals surface area contributed by atoms with Crippen LogP contribution in [0.15, 0.2) is 54.6 Å². The van der Waals surface area contributed by atoms with Gasteiger partial charge in [-0.05, 0) is 62.7 Å². The van der Waals surface area contributed by atoms with Gasteiger partial charge in [0.05, 0.1) is 11.8 Å². The maximum absolute atomic E-state index is 12.8. The van der Waals surface area contributed by atoms with Gasteiger partial charge in [-0.15, -0.1) is 0 Å². The third-order valence-corrected chi connectivity index (χ3v) is 5.08.